The second-order valence-electron chi connectivity index (χ2n) is 10.3. The molecule has 0 aromatic rings. The van der Waals surface area contributed by atoms with Crippen molar-refractivity contribution in [1.82, 2.24) is 20.4 Å². The summed E-state index contributed by atoms with van der Waals surface area (Å²) in [6.45, 7) is 18.3. The fraction of sp³-hybridized carbons (Fsp3) is 0.857. The number of fused-ring (bicyclic) bond motifs is 1. The number of nitrogens with one attached hydrogen (secondary N) is 2. The number of nitrogens with zero attached hydrogens (tertiary/aromatic N) is 3. The van der Waals surface area contributed by atoms with Gasteiger partial charge < -0.3 is 29.9 Å². The first-order chi connectivity index (χ1) is 13.7. The summed E-state index contributed by atoms with van der Waals surface area (Å²) in [6, 6.07) is 0.0507. The molecule has 0 saturated carbocycles. The minimum absolute atomic E-state index is 0. The average molecular weight is 553 g/mol. The fourth-order valence-corrected chi connectivity index (χ4v) is 3.34. The molecule has 1 saturated heterocycles. The molecule has 2 N–H and O–H groups in total. The SMILES string of the molecule is CC(C)C(CNC1=NCC2CN(C(=O)OC(C)(C)C)CCN12)NC(=O)OC(C)(C)C.I. The van der Waals surface area contributed by atoms with Gasteiger partial charge >= 0.3 is 12.2 Å². The van der Waals surface area contributed by atoms with Crippen molar-refractivity contribution >= 4 is 42.1 Å². The number of halogens is 1. The first-order valence-corrected chi connectivity index (χ1v) is 10.8. The molecule has 0 aliphatic carbocycles. The Morgan fingerprint density at radius 1 is 1.10 bits per heavy atom. The van der Waals surface area contributed by atoms with Crippen LogP contribution >= 0.6 is 24.0 Å². The van der Waals surface area contributed by atoms with E-state index >= 15 is 0 Å². The molecule has 0 aromatic carbocycles. The van der Waals surface area contributed by atoms with Gasteiger partial charge in [-0.3, -0.25) is 4.99 Å². The number of carbonyl (C=O) groups is 2. The third-order valence-electron chi connectivity index (χ3n) is 4.85. The third-order valence-corrected chi connectivity index (χ3v) is 4.85. The minimum atomic E-state index is -0.532. The first-order valence-electron chi connectivity index (χ1n) is 10.8. The van der Waals surface area contributed by atoms with Gasteiger partial charge in [-0.05, 0) is 47.5 Å². The quantitative estimate of drug-likeness (QED) is 0.520. The van der Waals surface area contributed by atoms with Crippen molar-refractivity contribution in [2.45, 2.75) is 78.7 Å². The van der Waals surface area contributed by atoms with Crippen LogP contribution in [0.25, 0.3) is 0 Å². The van der Waals surface area contributed by atoms with Crippen LogP contribution in [0.1, 0.15) is 55.4 Å². The van der Waals surface area contributed by atoms with Crippen LogP contribution in [0.2, 0.25) is 0 Å². The lowest BCUT2D eigenvalue weighted by molar-refractivity contribution is 0.0137. The summed E-state index contributed by atoms with van der Waals surface area (Å²) >= 11 is 0. The Kier molecular flexibility index (Phi) is 9.71. The van der Waals surface area contributed by atoms with E-state index in [0.29, 0.717) is 32.7 Å². The van der Waals surface area contributed by atoms with Crippen LogP contribution in [0.15, 0.2) is 4.99 Å². The first kappa shape index (κ1) is 27.6. The van der Waals surface area contributed by atoms with Gasteiger partial charge in [-0.15, -0.1) is 24.0 Å². The fourth-order valence-electron chi connectivity index (χ4n) is 3.34. The van der Waals surface area contributed by atoms with Gasteiger partial charge in [0, 0.05) is 26.2 Å². The van der Waals surface area contributed by atoms with E-state index in [-0.39, 0.29) is 48.1 Å². The molecule has 2 aliphatic heterocycles. The summed E-state index contributed by atoms with van der Waals surface area (Å²) in [6.07, 6.45) is -0.690. The maximum absolute atomic E-state index is 12.4. The molecule has 9 nitrogen and oxygen atoms in total. The highest BCUT2D eigenvalue weighted by Crippen LogP contribution is 2.19. The van der Waals surface area contributed by atoms with Gasteiger partial charge in [-0.2, -0.15) is 0 Å². The maximum Gasteiger partial charge on any atom is 0.410 e. The van der Waals surface area contributed by atoms with Gasteiger partial charge in [0.1, 0.15) is 11.2 Å². The van der Waals surface area contributed by atoms with E-state index in [4.69, 9.17) is 9.47 Å². The molecule has 2 unspecified atom stereocenters. The van der Waals surface area contributed by atoms with Crippen molar-refractivity contribution in [1.29, 1.82) is 0 Å². The number of rotatable bonds is 4. The lowest BCUT2D eigenvalue weighted by Gasteiger charge is -2.39. The Morgan fingerprint density at radius 2 is 1.71 bits per heavy atom. The second kappa shape index (κ2) is 10.9. The zero-order valence-corrected chi connectivity index (χ0v) is 22.5. The number of amides is 2. The summed E-state index contributed by atoms with van der Waals surface area (Å²) in [5.41, 5.74) is -1.03. The molecule has 2 rings (SSSR count). The number of ether oxygens (including phenoxy) is 2. The smallest absolute Gasteiger partial charge is 0.410 e. The summed E-state index contributed by atoms with van der Waals surface area (Å²) in [7, 11) is 0. The molecule has 0 aromatic heterocycles. The van der Waals surface area contributed by atoms with Crippen LogP contribution in [0.5, 0.6) is 0 Å². The van der Waals surface area contributed by atoms with E-state index in [2.05, 4.69) is 34.4 Å². The molecule has 180 valence electrons. The summed E-state index contributed by atoms with van der Waals surface area (Å²) in [5.74, 6) is 1.05. The van der Waals surface area contributed by atoms with Crippen LogP contribution < -0.4 is 10.6 Å². The van der Waals surface area contributed by atoms with E-state index in [9.17, 15) is 9.59 Å². The Morgan fingerprint density at radius 3 is 2.26 bits per heavy atom. The molecular formula is C21H40IN5O4. The summed E-state index contributed by atoms with van der Waals surface area (Å²) in [5, 5.41) is 6.33. The number of piperazine rings is 1. The van der Waals surface area contributed by atoms with Gasteiger partial charge in [0.2, 0.25) is 0 Å². The van der Waals surface area contributed by atoms with Crippen molar-refractivity contribution in [3.63, 3.8) is 0 Å². The number of hydrogen-bond donors (Lipinski definition) is 2. The van der Waals surface area contributed by atoms with Gasteiger partial charge in [-0.25, -0.2) is 9.59 Å². The Hall–Kier alpha value is -1.46. The summed E-state index contributed by atoms with van der Waals surface area (Å²) in [4.78, 5) is 33.1. The number of hydrogen-bond acceptors (Lipinski definition) is 7. The minimum Gasteiger partial charge on any atom is -0.444 e. The number of guanidine groups is 1. The average Bonchev–Trinajstić information content (AvgIpc) is 2.97. The highest BCUT2D eigenvalue weighted by molar-refractivity contribution is 14.0. The van der Waals surface area contributed by atoms with Crippen molar-refractivity contribution in [3.05, 3.63) is 0 Å². The number of carbonyl (C=O) groups excluding carboxylic acids is 2. The monoisotopic (exact) mass is 553 g/mol. The maximum atomic E-state index is 12.4. The van der Waals surface area contributed by atoms with Gasteiger partial charge in [-0.1, -0.05) is 13.8 Å². The van der Waals surface area contributed by atoms with E-state index in [1.54, 1.807) is 4.90 Å². The zero-order chi connectivity index (χ0) is 22.7. The van der Waals surface area contributed by atoms with Gasteiger partial charge in [0.25, 0.3) is 0 Å². The molecule has 31 heavy (non-hydrogen) atoms. The number of alkyl carbamates (subject to hydrolysis) is 1. The van der Waals surface area contributed by atoms with Crippen LogP contribution in [0.3, 0.4) is 0 Å². The summed E-state index contributed by atoms with van der Waals surface area (Å²) < 4.78 is 10.9. The van der Waals surface area contributed by atoms with Gasteiger partial charge in [0.05, 0.1) is 18.6 Å². The van der Waals surface area contributed by atoms with E-state index < -0.39 is 17.3 Å². The van der Waals surface area contributed by atoms with Crippen molar-refractivity contribution in [3.8, 4) is 0 Å². The predicted octanol–water partition coefficient (Wildman–Crippen LogP) is 3.03. The van der Waals surface area contributed by atoms with E-state index in [1.807, 2.05) is 41.5 Å². The van der Waals surface area contributed by atoms with Gasteiger partial charge in [0.15, 0.2) is 5.96 Å². The Labute approximate surface area is 203 Å². The van der Waals surface area contributed by atoms with Crippen LogP contribution in [-0.4, -0.2) is 84.0 Å². The molecule has 0 spiro atoms. The predicted molar refractivity (Wildman–Crippen MR) is 132 cm³/mol. The molecule has 0 radical (unpaired) electrons. The van der Waals surface area contributed by atoms with Crippen LogP contribution in [-0.2, 0) is 9.47 Å². The normalized spacial score (nSPS) is 19.8. The van der Waals surface area contributed by atoms with Crippen LogP contribution in [0, 0.1) is 5.92 Å². The van der Waals surface area contributed by atoms with Crippen LogP contribution in [0.4, 0.5) is 9.59 Å². The molecule has 10 heteroatoms. The topological polar surface area (TPSA) is 95.5 Å². The number of aliphatic imine (C=N–C) groups is 1. The highest BCUT2D eigenvalue weighted by Gasteiger charge is 2.36. The Balaban J connectivity index is 0.00000480. The molecule has 2 amide bonds. The lowest BCUT2D eigenvalue weighted by Crippen LogP contribution is -2.58. The molecule has 2 atom stereocenters. The standard InChI is InChI=1S/C21H39N5O4.HI/c1-14(2)16(24-18(27)29-20(3,4)5)12-23-17-22-11-15-13-25(9-10-26(15)17)19(28)30-21(6,7)8;/h14-16H,9-13H2,1-8H3,(H,22,23)(H,24,27);1H. The second-order valence-corrected chi connectivity index (χ2v) is 10.3. The molecular weight excluding hydrogens is 513 g/mol. The van der Waals surface area contributed by atoms with E-state index in [0.717, 1.165) is 5.96 Å². The molecule has 0 bridgehead atoms. The van der Waals surface area contributed by atoms with E-state index in [1.165, 1.54) is 0 Å². The molecule has 2 heterocycles. The molecule has 1 fully saturated rings. The highest BCUT2D eigenvalue weighted by atomic mass is 127. The Bertz CT molecular complexity index is 657. The van der Waals surface area contributed by atoms with Crippen molar-refractivity contribution < 1.29 is 19.1 Å². The lowest BCUT2D eigenvalue weighted by atomic mass is 10.0. The zero-order valence-electron chi connectivity index (χ0n) is 20.2. The van der Waals surface area contributed by atoms with Crippen molar-refractivity contribution in [2.75, 3.05) is 32.7 Å². The molecule has 2 aliphatic rings. The third kappa shape index (κ3) is 8.89. The largest absolute Gasteiger partial charge is 0.444 e. The van der Waals surface area contributed by atoms with Crippen molar-refractivity contribution in [2.24, 2.45) is 10.9 Å².